The van der Waals surface area contributed by atoms with Crippen molar-refractivity contribution in [3.63, 3.8) is 0 Å². The van der Waals surface area contributed by atoms with E-state index in [1.165, 1.54) is 11.4 Å². The molecule has 2 N–H and O–H groups in total. The van der Waals surface area contributed by atoms with Gasteiger partial charge in [-0.2, -0.15) is 0 Å². The topological polar surface area (TPSA) is 45.4 Å². The number of halogens is 1. The minimum absolute atomic E-state index is 0.482. The predicted octanol–water partition coefficient (Wildman–Crippen LogP) is 2.02. The van der Waals surface area contributed by atoms with Gasteiger partial charge < -0.3 is 15.5 Å². The summed E-state index contributed by atoms with van der Waals surface area (Å²) in [4.78, 5) is 8.90. The molecule has 0 amide bonds. The molecule has 2 aliphatic heterocycles. The minimum Gasteiger partial charge on any atom is -0.399 e. The van der Waals surface area contributed by atoms with E-state index in [1.54, 1.807) is 0 Å². The Balaban J connectivity index is 1.82. The number of aromatic nitrogens is 1. The molecular formula is C14H19ClN4. The van der Waals surface area contributed by atoms with E-state index in [0.29, 0.717) is 11.1 Å². The van der Waals surface area contributed by atoms with Gasteiger partial charge in [0.1, 0.15) is 11.0 Å². The predicted molar refractivity (Wildman–Crippen MR) is 76.2 cm³/mol. The quantitative estimate of drug-likeness (QED) is 0.841. The standard InChI is InChI=1S/C14H19ClN4/c1-10-4-5-18-6-7-19(14(18)13(10)16)9-11-2-3-12(15)17-8-11/h2-3,8,10H,4-7,9,16H2,1H3. The van der Waals surface area contributed by atoms with Gasteiger partial charge in [-0.05, 0) is 18.1 Å². The molecule has 102 valence electrons. The molecule has 0 aliphatic carbocycles. The van der Waals surface area contributed by atoms with Crippen LogP contribution in [-0.2, 0) is 6.54 Å². The molecule has 1 atom stereocenters. The molecule has 0 spiro atoms. The first-order valence-electron chi connectivity index (χ1n) is 6.75. The van der Waals surface area contributed by atoms with E-state index < -0.39 is 0 Å². The Hall–Kier alpha value is -1.42. The molecular weight excluding hydrogens is 260 g/mol. The molecule has 3 rings (SSSR count). The van der Waals surface area contributed by atoms with E-state index in [1.807, 2.05) is 18.3 Å². The van der Waals surface area contributed by atoms with Gasteiger partial charge in [0.2, 0.25) is 0 Å². The summed E-state index contributed by atoms with van der Waals surface area (Å²) >= 11 is 5.82. The Morgan fingerprint density at radius 1 is 1.37 bits per heavy atom. The summed E-state index contributed by atoms with van der Waals surface area (Å²) in [5.74, 6) is 1.71. The van der Waals surface area contributed by atoms with Crippen LogP contribution in [0.3, 0.4) is 0 Å². The third-order valence-corrected chi connectivity index (χ3v) is 4.25. The fourth-order valence-corrected chi connectivity index (χ4v) is 2.95. The molecule has 0 saturated carbocycles. The third-order valence-electron chi connectivity index (χ3n) is 4.02. The largest absolute Gasteiger partial charge is 0.399 e. The van der Waals surface area contributed by atoms with Crippen LogP contribution < -0.4 is 5.73 Å². The molecule has 0 bridgehead atoms. The second kappa shape index (κ2) is 4.93. The molecule has 1 aromatic heterocycles. The summed E-state index contributed by atoms with van der Waals surface area (Å²) in [5.41, 5.74) is 8.50. The number of nitrogens with two attached hydrogens (primary N) is 1. The second-order valence-corrected chi connectivity index (χ2v) is 5.75. The number of rotatable bonds is 2. The summed E-state index contributed by atoms with van der Waals surface area (Å²) in [5, 5.41) is 0.539. The Bertz CT molecular complexity index is 497. The SMILES string of the molecule is CC1CCN2CCN(Cc3ccc(Cl)nc3)C2=C1N. The highest BCUT2D eigenvalue weighted by atomic mass is 35.5. The summed E-state index contributed by atoms with van der Waals surface area (Å²) in [6, 6.07) is 3.87. The van der Waals surface area contributed by atoms with Crippen molar-refractivity contribution in [3.8, 4) is 0 Å². The lowest BCUT2D eigenvalue weighted by atomic mass is 10.00. The van der Waals surface area contributed by atoms with Crippen LogP contribution in [0, 0.1) is 5.92 Å². The van der Waals surface area contributed by atoms with Crippen LogP contribution in [0.15, 0.2) is 29.8 Å². The van der Waals surface area contributed by atoms with Crippen LogP contribution in [-0.4, -0.2) is 34.4 Å². The molecule has 5 heteroatoms. The number of hydrogen-bond acceptors (Lipinski definition) is 4. The molecule has 1 saturated heterocycles. The van der Waals surface area contributed by atoms with Crippen LogP contribution in [0.25, 0.3) is 0 Å². The minimum atomic E-state index is 0.482. The van der Waals surface area contributed by atoms with Crippen LogP contribution in [0.4, 0.5) is 0 Å². The Morgan fingerprint density at radius 3 is 2.95 bits per heavy atom. The summed E-state index contributed by atoms with van der Waals surface area (Å²) in [6.07, 6.45) is 3.00. The number of nitrogens with zero attached hydrogens (tertiary/aromatic N) is 3. The maximum atomic E-state index is 6.29. The van der Waals surface area contributed by atoms with Gasteiger partial charge in [0.15, 0.2) is 0 Å². The summed E-state index contributed by atoms with van der Waals surface area (Å²) in [7, 11) is 0. The summed E-state index contributed by atoms with van der Waals surface area (Å²) in [6.45, 7) is 6.28. The van der Waals surface area contributed by atoms with Crippen molar-refractivity contribution in [1.29, 1.82) is 0 Å². The van der Waals surface area contributed by atoms with Crippen molar-refractivity contribution in [1.82, 2.24) is 14.8 Å². The van der Waals surface area contributed by atoms with Crippen LogP contribution in [0.1, 0.15) is 18.9 Å². The van der Waals surface area contributed by atoms with Crippen molar-refractivity contribution < 1.29 is 0 Å². The van der Waals surface area contributed by atoms with Crippen molar-refractivity contribution in [3.05, 3.63) is 40.6 Å². The zero-order valence-corrected chi connectivity index (χ0v) is 11.9. The van der Waals surface area contributed by atoms with Crippen molar-refractivity contribution in [2.75, 3.05) is 19.6 Å². The van der Waals surface area contributed by atoms with Crippen molar-refractivity contribution >= 4 is 11.6 Å². The molecule has 19 heavy (non-hydrogen) atoms. The first-order valence-corrected chi connectivity index (χ1v) is 7.13. The smallest absolute Gasteiger partial charge is 0.129 e. The van der Waals surface area contributed by atoms with Gasteiger partial charge in [0.05, 0.1) is 5.70 Å². The number of allylic oxidation sites excluding steroid dienone is 1. The van der Waals surface area contributed by atoms with Crippen LogP contribution >= 0.6 is 11.6 Å². The van der Waals surface area contributed by atoms with E-state index in [-0.39, 0.29) is 0 Å². The first kappa shape index (κ1) is 12.6. The van der Waals surface area contributed by atoms with Crippen molar-refractivity contribution in [2.24, 2.45) is 11.7 Å². The van der Waals surface area contributed by atoms with Gasteiger partial charge in [-0.15, -0.1) is 0 Å². The zero-order chi connectivity index (χ0) is 13.4. The highest BCUT2D eigenvalue weighted by molar-refractivity contribution is 6.29. The lowest BCUT2D eigenvalue weighted by Crippen LogP contribution is -2.35. The Labute approximate surface area is 118 Å². The van der Waals surface area contributed by atoms with E-state index in [9.17, 15) is 0 Å². The molecule has 4 nitrogen and oxygen atoms in total. The Kier molecular flexibility index (Phi) is 3.27. The molecule has 3 heterocycles. The number of hydrogen-bond donors (Lipinski definition) is 1. The van der Waals surface area contributed by atoms with Gasteiger partial charge in [-0.1, -0.05) is 24.6 Å². The zero-order valence-electron chi connectivity index (χ0n) is 11.1. The fourth-order valence-electron chi connectivity index (χ4n) is 2.84. The first-order chi connectivity index (χ1) is 9.15. The Morgan fingerprint density at radius 2 is 2.21 bits per heavy atom. The average Bonchev–Trinajstić information content (AvgIpc) is 2.80. The van der Waals surface area contributed by atoms with Gasteiger partial charge >= 0.3 is 0 Å². The van der Waals surface area contributed by atoms with E-state index in [2.05, 4.69) is 21.7 Å². The normalized spacial score (nSPS) is 22.9. The molecule has 1 unspecified atom stereocenters. The third kappa shape index (κ3) is 2.37. The molecule has 1 fully saturated rings. The van der Waals surface area contributed by atoms with Crippen LogP contribution in [0.2, 0.25) is 5.15 Å². The monoisotopic (exact) mass is 278 g/mol. The van der Waals surface area contributed by atoms with E-state index in [4.69, 9.17) is 17.3 Å². The highest BCUT2D eigenvalue weighted by Crippen LogP contribution is 2.31. The fraction of sp³-hybridized carbons (Fsp3) is 0.500. The lowest BCUT2D eigenvalue weighted by molar-refractivity contribution is 0.278. The molecule has 2 aliphatic rings. The average molecular weight is 279 g/mol. The van der Waals surface area contributed by atoms with E-state index in [0.717, 1.165) is 38.3 Å². The second-order valence-electron chi connectivity index (χ2n) is 5.37. The number of pyridine rings is 1. The molecule has 0 radical (unpaired) electrons. The number of fused-ring (bicyclic) bond motifs is 1. The maximum absolute atomic E-state index is 6.29. The lowest BCUT2D eigenvalue weighted by Gasteiger charge is -2.33. The molecule has 0 aromatic carbocycles. The van der Waals surface area contributed by atoms with Gasteiger partial charge in [-0.3, -0.25) is 0 Å². The highest BCUT2D eigenvalue weighted by Gasteiger charge is 2.32. The molecule has 1 aromatic rings. The summed E-state index contributed by atoms with van der Waals surface area (Å²) < 4.78 is 0. The van der Waals surface area contributed by atoms with E-state index >= 15 is 0 Å². The maximum Gasteiger partial charge on any atom is 0.129 e. The van der Waals surface area contributed by atoms with Crippen molar-refractivity contribution in [2.45, 2.75) is 19.9 Å². The van der Waals surface area contributed by atoms with Gasteiger partial charge in [0.25, 0.3) is 0 Å². The van der Waals surface area contributed by atoms with Crippen LogP contribution in [0.5, 0.6) is 0 Å². The van der Waals surface area contributed by atoms with Gasteiger partial charge in [-0.25, -0.2) is 4.98 Å². The van der Waals surface area contributed by atoms with Gasteiger partial charge in [0, 0.05) is 38.3 Å².